The number of fused-ring (bicyclic) bond motifs is 1. The molecule has 1 unspecified atom stereocenters. The molecule has 9 heteroatoms. The zero-order chi connectivity index (χ0) is 27.8. The van der Waals surface area contributed by atoms with Crippen LogP contribution in [0.2, 0.25) is 0 Å². The molecular weight excluding hydrogens is 506 g/mol. The van der Waals surface area contributed by atoms with Crippen LogP contribution in [-0.4, -0.2) is 52.6 Å². The van der Waals surface area contributed by atoms with Gasteiger partial charge in [0.05, 0.1) is 17.7 Å². The second-order valence-corrected chi connectivity index (χ2v) is 10.4. The quantitative estimate of drug-likeness (QED) is 0.353. The largest absolute Gasteiger partial charge is 0.380 e. The van der Waals surface area contributed by atoms with Gasteiger partial charge in [-0.25, -0.2) is 4.85 Å². The van der Waals surface area contributed by atoms with E-state index < -0.39 is 29.7 Å². The molecular formula is C31H27N5O4. The summed E-state index contributed by atoms with van der Waals surface area (Å²) in [6, 6.07) is 20.2. The van der Waals surface area contributed by atoms with Crippen molar-refractivity contribution in [3.05, 3.63) is 106 Å². The van der Waals surface area contributed by atoms with Crippen LogP contribution < -0.4 is 10.6 Å². The number of likely N-dealkylation sites (tertiary alicyclic amines) is 1. The molecule has 0 saturated carbocycles. The van der Waals surface area contributed by atoms with Gasteiger partial charge in [-0.15, -0.1) is 0 Å². The molecule has 0 radical (unpaired) electrons. The van der Waals surface area contributed by atoms with Gasteiger partial charge in [0.1, 0.15) is 6.04 Å². The van der Waals surface area contributed by atoms with E-state index in [9.17, 15) is 19.2 Å². The van der Waals surface area contributed by atoms with Crippen LogP contribution >= 0.6 is 0 Å². The van der Waals surface area contributed by atoms with Gasteiger partial charge in [-0.05, 0) is 35.2 Å². The van der Waals surface area contributed by atoms with Gasteiger partial charge in [0.15, 0.2) is 5.69 Å². The number of amides is 4. The number of rotatable bonds is 7. The fourth-order valence-electron chi connectivity index (χ4n) is 5.61. The summed E-state index contributed by atoms with van der Waals surface area (Å²) in [5.74, 6) is -1.57. The number of carbonyl (C=O) groups excluding carboxylic acids is 4. The molecule has 40 heavy (non-hydrogen) atoms. The van der Waals surface area contributed by atoms with E-state index in [1.165, 1.54) is 11.1 Å². The molecule has 0 aromatic heterocycles. The van der Waals surface area contributed by atoms with Gasteiger partial charge >= 0.3 is 0 Å². The third kappa shape index (κ3) is 4.74. The van der Waals surface area contributed by atoms with Crippen LogP contribution in [0.15, 0.2) is 66.7 Å². The lowest BCUT2D eigenvalue weighted by atomic mass is 9.91. The molecule has 6 rings (SSSR count). The molecule has 3 aromatic rings. The van der Waals surface area contributed by atoms with Crippen LogP contribution in [0, 0.1) is 6.57 Å². The highest BCUT2D eigenvalue weighted by Gasteiger charge is 2.45. The summed E-state index contributed by atoms with van der Waals surface area (Å²) < 4.78 is 0. The van der Waals surface area contributed by atoms with Crippen molar-refractivity contribution >= 4 is 35.0 Å². The van der Waals surface area contributed by atoms with E-state index in [1.54, 1.807) is 18.2 Å². The highest BCUT2D eigenvalue weighted by Crippen LogP contribution is 2.33. The number of anilines is 1. The summed E-state index contributed by atoms with van der Waals surface area (Å²) in [4.78, 5) is 57.0. The number of nitrogens with one attached hydrogen (secondary N) is 2. The predicted octanol–water partition coefficient (Wildman–Crippen LogP) is 3.85. The van der Waals surface area contributed by atoms with Gasteiger partial charge in [-0.3, -0.25) is 34.3 Å². The minimum Gasteiger partial charge on any atom is -0.380 e. The summed E-state index contributed by atoms with van der Waals surface area (Å²) in [6.45, 7) is 10.4. The molecule has 4 amide bonds. The van der Waals surface area contributed by atoms with Crippen molar-refractivity contribution in [3.63, 3.8) is 0 Å². The van der Waals surface area contributed by atoms with Crippen LogP contribution in [0.1, 0.15) is 56.2 Å². The number of hydrogen-bond donors (Lipinski definition) is 2. The molecule has 0 aliphatic carbocycles. The third-order valence-corrected chi connectivity index (χ3v) is 7.83. The zero-order valence-corrected chi connectivity index (χ0v) is 21.7. The third-order valence-electron chi connectivity index (χ3n) is 7.83. The van der Waals surface area contributed by atoms with Crippen molar-refractivity contribution in [1.29, 1.82) is 0 Å². The first-order valence-corrected chi connectivity index (χ1v) is 13.3. The first-order valence-electron chi connectivity index (χ1n) is 13.3. The van der Waals surface area contributed by atoms with E-state index in [2.05, 4.69) is 56.8 Å². The zero-order valence-electron chi connectivity index (χ0n) is 21.7. The summed E-state index contributed by atoms with van der Waals surface area (Å²) in [5.41, 5.74) is 5.23. The summed E-state index contributed by atoms with van der Waals surface area (Å²) in [5, 5.41) is 5.51. The molecule has 1 atom stereocenters. The number of benzene rings is 3. The Morgan fingerprint density at radius 1 is 0.900 bits per heavy atom. The van der Waals surface area contributed by atoms with Crippen molar-refractivity contribution in [2.45, 2.75) is 37.9 Å². The lowest BCUT2D eigenvalue weighted by Crippen LogP contribution is -2.54. The minimum absolute atomic E-state index is 0.0846. The maximum Gasteiger partial charge on any atom is 0.264 e. The standard InChI is InChI=1S/C31H27N5O4/c1-32-23-11-9-21(10-12-23)22-17-35(18-22)16-20-7-5-19(6-8-20)15-33-25-4-2-3-24-28(25)31(40)36(30(24)39)26-13-14-27(37)34-29(26)38/h2-12,22,26,33H,13-18H2,(H,34,37,38). The second-order valence-electron chi connectivity index (χ2n) is 10.4. The Morgan fingerprint density at radius 3 is 2.33 bits per heavy atom. The lowest BCUT2D eigenvalue weighted by Gasteiger charge is -2.39. The predicted molar refractivity (Wildman–Crippen MR) is 148 cm³/mol. The Morgan fingerprint density at radius 2 is 1.62 bits per heavy atom. The normalized spacial score (nSPS) is 19.2. The molecule has 0 spiro atoms. The fourth-order valence-corrected chi connectivity index (χ4v) is 5.61. The number of imide groups is 2. The van der Waals surface area contributed by atoms with Crippen molar-refractivity contribution < 1.29 is 19.2 Å². The SMILES string of the molecule is [C-]#[N+]c1ccc(C2CN(Cc3ccc(CNc4cccc5c4C(=O)N(C4CCC(=O)NC4=O)C5=O)cc3)C2)cc1. The van der Waals surface area contributed by atoms with E-state index >= 15 is 0 Å². The molecule has 0 bridgehead atoms. The Balaban J connectivity index is 1.06. The first kappa shape index (κ1) is 25.5. The monoisotopic (exact) mass is 533 g/mol. The van der Waals surface area contributed by atoms with Crippen LogP contribution in [0.3, 0.4) is 0 Å². The minimum atomic E-state index is -0.989. The molecule has 2 fully saturated rings. The molecule has 3 aliphatic rings. The highest BCUT2D eigenvalue weighted by atomic mass is 16.2. The van der Waals surface area contributed by atoms with Gasteiger partial charge in [-0.1, -0.05) is 54.6 Å². The van der Waals surface area contributed by atoms with Gasteiger partial charge in [0.2, 0.25) is 11.8 Å². The van der Waals surface area contributed by atoms with Crippen LogP contribution in [0.25, 0.3) is 4.85 Å². The van der Waals surface area contributed by atoms with Crippen molar-refractivity contribution in [3.8, 4) is 0 Å². The van der Waals surface area contributed by atoms with E-state index in [4.69, 9.17) is 6.57 Å². The lowest BCUT2D eigenvalue weighted by molar-refractivity contribution is -0.136. The Kier molecular flexibility index (Phi) is 6.62. The Labute approximate surface area is 231 Å². The topological polar surface area (TPSA) is 103 Å². The number of nitrogens with zero attached hydrogens (tertiary/aromatic N) is 3. The van der Waals surface area contributed by atoms with E-state index in [1.807, 2.05) is 12.1 Å². The second kappa shape index (κ2) is 10.4. The van der Waals surface area contributed by atoms with Crippen LogP contribution in [0.4, 0.5) is 11.4 Å². The number of hydrogen-bond acceptors (Lipinski definition) is 6. The van der Waals surface area contributed by atoms with E-state index in [-0.39, 0.29) is 24.0 Å². The molecule has 3 heterocycles. The van der Waals surface area contributed by atoms with Crippen molar-refractivity contribution in [2.75, 3.05) is 18.4 Å². The molecule has 2 N–H and O–H groups in total. The molecule has 200 valence electrons. The Bertz CT molecular complexity index is 1550. The average Bonchev–Trinajstić information content (AvgIpc) is 3.20. The van der Waals surface area contributed by atoms with E-state index in [0.717, 1.165) is 30.1 Å². The van der Waals surface area contributed by atoms with Gasteiger partial charge in [0.25, 0.3) is 11.8 Å². The van der Waals surface area contributed by atoms with E-state index in [0.29, 0.717) is 23.8 Å². The van der Waals surface area contributed by atoms with Crippen LogP contribution in [-0.2, 0) is 22.7 Å². The fraction of sp³-hybridized carbons (Fsp3) is 0.258. The number of piperidine rings is 1. The summed E-state index contributed by atoms with van der Waals surface area (Å²) in [7, 11) is 0. The first-order chi connectivity index (χ1) is 19.4. The smallest absolute Gasteiger partial charge is 0.264 e. The van der Waals surface area contributed by atoms with Crippen molar-refractivity contribution in [2.24, 2.45) is 0 Å². The highest BCUT2D eigenvalue weighted by molar-refractivity contribution is 6.25. The molecule has 2 saturated heterocycles. The maximum absolute atomic E-state index is 13.3. The van der Waals surface area contributed by atoms with Gasteiger partial charge in [0, 0.05) is 44.2 Å². The molecule has 3 aliphatic heterocycles. The van der Waals surface area contributed by atoms with Gasteiger partial charge in [-0.2, -0.15) is 0 Å². The average molecular weight is 534 g/mol. The Hall–Kier alpha value is -4.81. The van der Waals surface area contributed by atoms with Crippen molar-refractivity contribution in [1.82, 2.24) is 15.1 Å². The maximum atomic E-state index is 13.3. The molecule has 9 nitrogen and oxygen atoms in total. The summed E-state index contributed by atoms with van der Waals surface area (Å²) in [6.07, 6.45) is 0.209. The van der Waals surface area contributed by atoms with Gasteiger partial charge < -0.3 is 5.32 Å². The molecule has 3 aromatic carbocycles. The van der Waals surface area contributed by atoms with Crippen LogP contribution in [0.5, 0.6) is 0 Å². The summed E-state index contributed by atoms with van der Waals surface area (Å²) >= 11 is 0. The number of carbonyl (C=O) groups is 4.